The minimum absolute atomic E-state index is 0.0892. The summed E-state index contributed by atoms with van der Waals surface area (Å²) in [7, 11) is 0. The van der Waals surface area contributed by atoms with Crippen molar-refractivity contribution in [1.29, 1.82) is 0 Å². The van der Waals surface area contributed by atoms with Crippen LogP contribution in [0.3, 0.4) is 0 Å². The van der Waals surface area contributed by atoms with Crippen molar-refractivity contribution in [2.24, 2.45) is 40.4 Å². The number of rotatable bonds is 5. The van der Waals surface area contributed by atoms with E-state index >= 15 is 0 Å². The van der Waals surface area contributed by atoms with Crippen LogP contribution in [-0.4, -0.2) is 39.9 Å². The molecule has 0 bridgehead atoms. The van der Waals surface area contributed by atoms with Gasteiger partial charge in [0.05, 0.1) is 12.2 Å². The number of aliphatic hydroxyl groups excluding tert-OH is 2. The van der Waals surface area contributed by atoms with Gasteiger partial charge in [0.15, 0.2) is 11.9 Å². The van der Waals surface area contributed by atoms with Gasteiger partial charge in [0, 0.05) is 17.4 Å². The molecular weight excluding hydrogens is 400 g/mol. The molecule has 1 aliphatic heterocycles. The Labute approximate surface area is 194 Å². The average Bonchev–Trinajstić information content (AvgIpc) is 3.35. The van der Waals surface area contributed by atoms with E-state index in [1.165, 1.54) is 5.57 Å². The fourth-order valence-electron chi connectivity index (χ4n) is 8.78. The van der Waals surface area contributed by atoms with E-state index in [0.717, 1.165) is 50.5 Å². The van der Waals surface area contributed by atoms with Gasteiger partial charge in [-0.05, 0) is 80.0 Å². The van der Waals surface area contributed by atoms with E-state index in [-0.39, 0.29) is 34.9 Å². The van der Waals surface area contributed by atoms with Crippen molar-refractivity contribution in [1.82, 2.24) is 0 Å². The molecule has 0 amide bonds. The van der Waals surface area contributed by atoms with E-state index in [1.807, 2.05) is 0 Å². The molecule has 1 spiro atoms. The highest BCUT2D eigenvalue weighted by atomic mass is 16.6. The first-order valence-electron chi connectivity index (χ1n) is 13.3. The summed E-state index contributed by atoms with van der Waals surface area (Å²) in [4.78, 5) is 13.7. The zero-order valence-electron chi connectivity index (χ0n) is 21.0. The molecule has 1 saturated heterocycles. The molecule has 0 aromatic heterocycles. The van der Waals surface area contributed by atoms with Gasteiger partial charge in [-0.15, -0.1) is 0 Å². The third-order valence-corrected chi connectivity index (χ3v) is 11.3. The third-order valence-electron chi connectivity index (χ3n) is 11.3. The van der Waals surface area contributed by atoms with Gasteiger partial charge in [0.1, 0.15) is 5.60 Å². The number of Topliss-reactive ketones (excluding diaryl/α,β-unsaturated/α-hetero) is 1. The van der Waals surface area contributed by atoms with E-state index < -0.39 is 5.60 Å². The molecule has 3 fully saturated rings. The molecule has 5 rings (SSSR count). The highest BCUT2D eigenvalue weighted by Gasteiger charge is 2.76. The Kier molecular flexibility index (Phi) is 5.33. The second-order valence-corrected chi connectivity index (χ2v) is 13.0. The van der Waals surface area contributed by atoms with Gasteiger partial charge < -0.3 is 14.9 Å². The van der Waals surface area contributed by atoms with Crippen LogP contribution in [0.25, 0.3) is 0 Å². The summed E-state index contributed by atoms with van der Waals surface area (Å²) in [5.74, 6) is 2.38. The van der Waals surface area contributed by atoms with Crippen LogP contribution in [0.5, 0.6) is 0 Å². The number of carbonyl (C=O) groups is 1. The fraction of sp³-hybridized carbons (Fsp3) is 0.893. The summed E-state index contributed by atoms with van der Waals surface area (Å²) in [5, 5.41) is 21.2. The standard InChI is InChI=1S/C28H44O4/c1-15(2)17(4)22(30)13-16(3)19-7-8-20-23-21(10-11-26(19,20)5)27(6)12-9-18(29)14-28(27)25(32-28)24(23)31/h15-20,22,25,29-30H,7-14H2,1-6H3/t16-,17-,18+,19-,20?,22-,25+,26-,27-,28+/m1/s1. The van der Waals surface area contributed by atoms with Gasteiger partial charge in [-0.25, -0.2) is 0 Å². The predicted molar refractivity (Wildman–Crippen MR) is 125 cm³/mol. The third kappa shape index (κ3) is 2.94. The molecule has 0 aromatic carbocycles. The summed E-state index contributed by atoms with van der Waals surface area (Å²) in [6, 6.07) is 0. The molecule has 0 radical (unpaired) electrons. The Hall–Kier alpha value is -0.710. The summed E-state index contributed by atoms with van der Waals surface area (Å²) >= 11 is 0. The summed E-state index contributed by atoms with van der Waals surface area (Å²) < 4.78 is 6.22. The summed E-state index contributed by atoms with van der Waals surface area (Å²) in [5.41, 5.74) is 2.12. The van der Waals surface area contributed by atoms with E-state index in [9.17, 15) is 15.0 Å². The second kappa shape index (κ2) is 7.39. The maximum atomic E-state index is 13.7. The Morgan fingerprint density at radius 3 is 2.50 bits per heavy atom. The van der Waals surface area contributed by atoms with Crippen LogP contribution in [0.4, 0.5) is 0 Å². The van der Waals surface area contributed by atoms with E-state index in [2.05, 4.69) is 41.5 Å². The van der Waals surface area contributed by atoms with Gasteiger partial charge in [-0.1, -0.05) is 47.1 Å². The molecule has 4 aliphatic carbocycles. The molecule has 4 nitrogen and oxygen atoms in total. The van der Waals surface area contributed by atoms with Crippen LogP contribution < -0.4 is 0 Å². The molecule has 1 unspecified atom stereocenters. The molecule has 4 heteroatoms. The van der Waals surface area contributed by atoms with Crippen LogP contribution >= 0.6 is 0 Å². The topological polar surface area (TPSA) is 70.1 Å². The van der Waals surface area contributed by atoms with Crippen molar-refractivity contribution in [2.75, 3.05) is 0 Å². The number of fused-ring (bicyclic) bond motifs is 3. The number of hydrogen-bond donors (Lipinski definition) is 2. The molecule has 0 aromatic rings. The smallest absolute Gasteiger partial charge is 0.190 e. The minimum atomic E-state index is -0.434. The lowest BCUT2D eigenvalue weighted by molar-refractivity contribution is -0.119. The van der Waals surface area contributed by atoms with E-state index in [4.69, 9.17) is 4.74 Å². The number of ketones is 1. The van der Waals surface area contributed by atoms with Crippen molar-refractivity contribution < 1.29 is 19.7 Å². The van der Waals surface area contributed by atoms with Crippen LogP contribution in [0.2, 0.25) is 0 Å². The molecule has 2 N–H and O–H groups in total. The van der Waals surface area contributed by atoms with Crippen LogP contribution in [0.15, 0.2) is 11.1 Å². The monoisotopic (exact) mass is 444 g/mol. The van der Waals surface area contributed by atoms with Gasteiger partial charge in [0.2, 0.25) is 0 Å². The van der Waals surface area contributed by atoms with Crippen molar-refractivity contribution in [3.63, 3.8) is 0 Å². The molecule has 5 aliphatic rings. The van der Waals surface area contributed by atoms with E-state index in [1.54, 1.807) is 0 Å². The SMILES string of the molecule is CC(C)[C@@H](C)[C@H](O)C[C@@H](C)[C@H]1CCC2C3=C(CC[C@@]21C)[C@@]1(C)CC[C@H](O)C[C@@]12O[C@H]2C3=O. The van der Waals surface area contributed by atoms with Crippen molar-refractivity contribution in [3.8, 4) is 0 Å². The summed E-state index contributed by atoms with van der Waals surface area (Å²) in [6.45, 7) is 13.6. The fourth-order valence-corrected chi connectivity index (χ4v) is 8.78. The quantitative estimate of drug-likeness (QED) is 0.582. The highest BCUT2D eigenvalue weighted by Crippen LogP contribution is 2.71. The Balaban J connectivity index is 1.43. The Morgan fingerprint density at radius 2 is 1.81 bits per heavy atom. The van der Waals surface area contributed by atoms with Gasteiger partial charge >= 0.3 is 0 Å². The molecular formula is C28H44O4. The maximum Gasteiger partial charge on any atom is 0.190 e. The number of epoxide rings is 1. The maximum absolute atomic E-state index is 13.7. The van der Waals surface area contributed by atoms with Crippen molar-refractivity contribution >= 4 is 5.78 Å². The number of ether oxygens (including phenoxy) is 1. The van der Waals surface area contributed by atoms with Gasteiger partial charge in [-0.2, -0.15) is 0 Å². The molecule has 10 atom stereocenters. The zero-order valence-corrected chi connectivity index (χ0v) is 21.0. The first kappa shape index (κ1) is 23.1. The number of aliphatic hydroxyl groups is 2. The zero-order chi connectivity index (χ0) is 23.2. The Bertz CT molecular complexity index is 831. The number of hydrogen-bond acceptors (Lipinski definition) is 4. The lowest BCUT2D eigenvalue weighted by Gasteiger charge is -2.52. The first-order chi connectivity index (χ1) is 15.0. The minimum Gasteiger partial charge on any atom is -0.393 e. The molecule has 32 heavy (non-hydrogen) atoms. The first-order valence-corrected chi connectivity index (χ1v) is 13.3. The second-order valence-electron chi connectivity index (χ2n) is 13.0. The normalized spacial score (nSPS) is 48.0. The molecule has 1 heterocycles. The van der Waals surface area contributed by atoms with Crippen molar-refractivity contribution in [2.45, 2.75) is 117 Å². The van der Waals surface area contributed by atoms with Gasteiger partial charge in [-0.3, -0.25) is 4.79 Å². The van der Waals surface area contributed by atoms with E-state index in [0.29, 0.717) is 36.0 Å². The lowest BCUT2D eigenvalue weighted by Crippen LogP contribution is -2.54. The molecule has 180 valence electrons. The largest absolute Gasteiger partial charge is 0.393 e. The van der Waals surface area contributed by atoms with Crippen LogP contribution in [-0.2, 0) is 9.53 Å². The Morgan fingerprint density at radius 1 is 1.09 bits per heavy atom. The van der Waals surface area contributed by atoms with Crippen LogP contribution in [0.1, 0.15) is 92.9 Å². The molecule has 2 saturated carbocycles. The lowest BCUT2D eigenvalue weighted by atomic mass is 9.50. The predicted octanol–water partition coefficient (Wildman–Crippen LogP) is 5.06. The van der Waals surface area contributed by atoms with Gasteiger partial charge in [0.25, 0.3) is 0 Å². The van der Waals surface area contributed by atoms with Crippen LogP contribution in [0, 0.1) is 40.4 Å². The number of carbonyl (C=O) groups excluding carboxylic acids is 1. The average molecular weight is 445 g/mol. The van der Waals surface area contributed by atoms with Crippen molar-refractivity contribution in [3.05, 3.63) is 11.1 Å². The summed E-state index contributed by atoms with van der Waals surface area (Å²) in [6.07, 6.45) is 6.66. The highest BCUT2D eigenvalue weighted by molar-refractivity contribution is 6.05.